The van der Waals surface area contributed by atoms with Crippen molar-refractivity contribution in [1.82, 2.24) is 10.2 Å². The zero-order valence-electron chi connectivity index (χ0n) is 8.50. The largest absolute Gasteiger partial charge is 0.311 e. The summed E-state index contributed by atoms with van der Waals surface area (Å²) >= 11 is 0. The lowest BCUT2D eigenvalue weighted by Crippen LogP contribution is -2.44. The molecular formula is C11H20N2. The highest BCUT2D eigenvalue weighted by Gasteiger charge is 2.19. The average Bonchev–Trinajstić information content (AvgIpc) is 2.62. The van der Waals surface area contributed by atoms with E-state index in [1.807, 2.05) is 0 Å². The lowest BCUT2D eigenvalue weighted by molar-refractivity contribution is 0.225. The number of piperidine rings is 1. The van der Waals surface area contributed by atoms with Crippen LogP contribution in [0.15, 0.2) is 12.2 Å². The van der Waals surface area contributed by atoms with Crippen molar-refractivity contribution in [3.05, 3.63) is 12.2 Å². The monoisotopic (exact) mass is 180 g/mol. The Bertz CT molecular complexity index is 173. The molecule has 1 heterocycles. The summed E-state index contributed by atoms with van der Waals surface area (Å²) in [6, 6.07) is 1.52. The lowest BCUT2D eigenvalue weighted by Gasteiger charge is -2.31. The van der Waals surface area contributed by atoms with Gasteiger partial charge in [-0.05, 0) is 45.8 Å². The van der Waals surface area contributed by atoms with E-state index in [4.69, 9.17) is 0 Å². The number of hydrogen-bond donors (Lipinski definition) is 1. The Morgan fingerprint density at radius 1 is 1.08 bits per heavy atom. The molecule has 0 radical (unpaired) electrons. The first kappa shape index (κ1) is 9.22. The maximum atomic E-state index is 3.75. The second-order valence-electron chi connectivity index (χ2n) is 4.38. The van der Waals surface area contributed by atoms with Crippen LogP contribution in [0.3, 0.4) is 0 Å². The molecule has 1 aliphatic heterocycles. The van der Waals surface area contributed by atoms with Gasteiger partial charge in [-0.3, -0.25) is 0 Å². The van der Waals surface area contributed by atoms with Gasteiger partial charge in [0.25, 0.3) is 0 Å². The molecular weight excluding hydrogens is 160 g/mol. The Morgan fingerprint density at radius 3 is 2.31 bits per heavy atom. The van der Waals surface area contributed by atoms with Crippen LogP contribution in [0.1, 0.15) is 25.7 Å². The number of nitrogens with zero attached hydrogens (tertiary/aromatic N) is 1. The molecule has 1 saturated heterocycles. The van der Waals surface area contributed by atoms with E-state index in [0.717, 1.165) is 12.1 Å². The Balaban J connectivity index is 1.70. The van der Waals surface area contributed by atoms with E-state index >= 15 is 0 Å². The van der Waals surface area contributed by atoms with E-state index in [2.05, 4.69) is 29.4 Å². The molecule has 2 heteroatoms. The van der Waals surface area contributed by atoms with Crippen molar-refractivity contribution in [2.24, 2.45) is 0 Å². The molecule has 13 heavy (non-hydrogen) atoms. The van der Waals surface area contributed by atoms with E-state index in [9.17, 15) is 0 Å². The maximum Gasteiger partial charge on any atom is 0.0139 e. The summed E-state index contributed by atoms with van der Waals surface area (Å²) in [6.45, 7) is 2.52. The molecule has 0 atom stereocenters. The fraction of sp³-hybridized carbons (Fsp3) is 0.818. The first-order valence-electron chi connectivity index (χ1n) is 5.44. The van der Waals surface area contributed by atoms with E-state index in [1.54, 1.807) is 0 Å². The third-order valence-electron chi connectivity index (χ3n) is 3.20. The third-order valence-corrected chi connectivity index (χ3v) is 3.20. The molecule has 0 unspecified atom stereocenters. The van der Waals surface area contributed by atoms with Gasteiger partial charge in [-0.2, -0.15) is 0 Å². The van der Waals surface area contributed by atoms with Gasteiger partial charge in [-0.15, -0.1) is 0 Å². The summed E-state index contributed by atoms with van der Waals surface area (Å²) in [7, 11) is 2.22. The predicted octanol–water partition coefficient (Wildman–Crippen LogP) is 1.39. The van der Waals surface area contributed by atoms with Crippen LogP contribution in [0.4, 0.5) is 0 Å². The summed E-state index contributed by atoms with van der Waals surface area (Å²) in [6.07, 6.45) is 9.73. The van der Waals surface area contributed by atoms with Crippen LogP contribution in [-0.2, 0) is 0 Å². The molecule has 1 aliphatic carbocycles. The van der Waals surface area contributed by atoms with Gasteiger partial charge in [-0.25, -0.2) is 0 Å². The summed E-state index contributed by atoms with van der Waals surface area (Å²) in [5, 5.41) is 3.75. The summed E-state index contributed by atoms with van der Waals surface area (Å²) in [5.41, 5.74) is 0. The number of likely N-dealkylation sites (tertiary alicyclic amines) is 1. The molecule has 0 aromatic carbocycles. The fourth-order valence-electron chi connectivity index (χ4n) is 2.26. The zero-order chi connectivity index (χ0) is 9.10. The van der Waals surface area contributed by atoms with Crippen LogP contribution in [0, 0.1) is 0 Å². The molecule has 0 amide bonds. The number of hydrogen-bond acceptors (Lipinski definition) is 2. The first-order chi connectivity index (χ1) is 6.34. The minimum absolute atomic E-state index is 0.744. The average molecular weight is 180 g/mol. The van der Waals surface area contributed by atoms with Gasteiger partial charge in [0.1, 0.15) is 0 Å². The van der Waals surface area contributed by atoms with Crippen molar-refractivity contribution in [1.29, 1.82) is 0 Å². The van der Waals surface area contributed by atoms with Crippen molar-refractivity contribution in [2.45, 2.75) is 37.8 Å². The standard InChI is InChI=1S/C11H20N2/c1-13-8-6-11(7-9-13)12-10-4-2-3-5-10/h2-3,10-12H,4-9H2,1H3. The SMILES string of the molecule is CN1CCC(NC2CC=CC2)CC1. The van der Waals surface area contributed by atoms with Crippen molar-refractivity contribution in [2.75, 3.05) is 20.1 Å². The van der Waals surface area contributed by atoms with E-state index in [1.165, 1.54) is 38.8 Å². The lowest BCUT2D eigenvalue weighted by atomic mass is 10.0. The molecule has 2 nitrogen and oxygen atoms in total. The Kier molecular flexibility index (Phi) is 3.01. The van der Waals surface area contributed by atoms with E-state index in [0.29, 0.717) is 0 Å². The molecule has 0 aromatic heterocycles. The van der Waals surface area contributed by atoms with Crippen molar-refractivity contribution >= 4 is 0 Å². The quantitative estimate of drug-likeness (QED) is 0.646. The van der Waals surface area contributed by atoms with Gasteiger partial charge < -0.3 is 10.2 Å². The normalized spacial score (nSPS) is 27.2. The molecule has 0 aromatic rings. The second-order valence-corrected chi connectivity index (χ2v) is 4.38. The van der Waals surface area contributed by atoms with Gasteiger partial charge in [0.15, 0.2) is 0 Å². The molecule has 0 bridgehead atoms. The Labute approximate surface area is 81.0 Å². The number of nitrogens with one attached hydrogen (secondary N) is 1. The molecule has 0 spiro atoms. The van der Waals surface area contributed by atoms with Gasteiger partial charge in [0.2, 0.25) is 0 Å². The van der Waals surface area contributed by atoms with Crippen LogP contribution < -0.4 is 5.32 Å². The molecule has 1 fully saturated rings. The second kappa shape index (κ2) is 4.25. The van der Waals surface area contributed by atoms with Gasteiger partial charge in [-0.1, -0.05) is 12.2 Å². The summed E-state index contributed by atoms with van der Waals surface area (Å²) in [4.78, 5) is 2.42. The topological polar surface area (TPSA) is 15.3 Å². The summed E-state index contributed by atoms with van der Waals surface area (Å²) in [5.74, 6) is 0. The minimum Gasteiger partial charge on any atom is -0.311 e. The highest BCUT2D eigenvalue weighted by molar-refractivity contribution is 4.98. The Morgan fingerprint density at radius 2 is 1.69 bits per heavy atom. The molecule has 0 saturated carbocycles. The highest BCUT2D eigenvalue weighted by Crippen LogP contribution is 2.14. The highest BCUT2D eigenvalue weighted by atomic mass is 15.1. The van der Waals surface area contributed by atoms with Crippen LogP contribution in [0.25, 0.3) is 0 Å². The fourth-order valence-corrected chi connectivity index (χ4v) is 2.26. The summed E-state index contributed by atoms with van der Waals surface area (Å²) < 4.78 is 0. The predicted molar refractivity (Wildman–Crippen MR) is 55.8 cm³/mol. The first-order valence-corrected chi connectivity index (χ1v) is 5.44. The van der Waals surface area contributed by atoms with Crippen LogP contribution in [0.2, 0.25) is 0 Å². The molecule has 2 aliphatic rings. The third kappa shape index (κ3) is 2.55. The smallest absolute Gasteiger partial charge is 0.0139 e. The van der Waals surface area contributed by atoms with Crippen molar-refractivity contribution in [3.8, 4) is 0 Å². The van der Waals surface area contributed by atoms with Crippen LogP contribution >= 0.6 is 0 Å². The Hall–Kier alpha value is -0.340. The number of rotatable bonds is 2. The molecule has 2 rings (SSSR count). The van der Waals surface area contributed by atoms with Crippen LogP contribution in [0.5, 0.6) is 0 Å². The van der Waals surface area contributed by atoms with Gasteiger partial charge in [0, 0.05) is 12.1 Å². The molecule has 74 valence electrons. The van der Waals surface area contributed by atoms with Crippen molar-refractivity contribution < 1.29 is 0 Å². The van der Waals surface area contributed by atoms with E-state index in [-0.39, 0.29) is 0 Å². The van der Waals surface area contributed by atoms with E-state index < -0.39 is 0 Å². The van der Waals surface area contributed by atoms with Gasteiger partial charge >= 0.3 is 0 Å². The van der Waals surface area contributed by atoms with Crippen LogP contribution in [-0.4, -0.2) is 37.1 Å². The maximum absolute atomic E-state index is 3.75. The van der Waals surface area contributed by atoms with Crippen molar-refractivity contribution in [3.63, 3.8) is 0 Å². The zero-order valence-corrected chi connectivity index (χ0v) is 8.50. The van der Waals surface area contributed by atoms with Gasteiger partial charge in [0.05, 0.1) is 0 Å². The minimum atomic E-state index is 0.744. The molecule has 1 N–H and O–H groups in total.